The molecule has 4 heteroatoms. The van der Waals surface area contributed by atoms with Crippen LogP contribution in [0, 0.1) is 0 Å². The number of rotatable bonds is 7. The summed E-state index contributed by atoms with van der Waals surface area (Å²) >= 11 is 5.92. The Kier molecular flexibility index (Phi) is 6.96. The number of halogens is 1. The number of piperazine rings is 1. The van der Waals surface area contributed by atoms with E-state index in [1.165, 1.54) is 11.1 Å². The molecule has 3 nitrogen and oxygen atoms in total. The fourth-order valence-electron chi connectivity index (χ4n) is 4.17. The average Bonchev–Trinajstić information content (AvgIpc) is 2.80. The summed E-state index contributed by atoms with van der Waals surface area (Å²) in [5, 5.41) is 0.661. The molecule has 1 heterocycles. The van der Waals surface area contributed by atoms with Crippen molar-refractivity contribution in [3.63, 3.8) is 0 Å². The van der Waals surface area contributed by atoms with E-state index >= 15 is 0 Å². The van der Waals surface area contributed by atoms with Gasteiger partial charge in [0.15, 0.2) is 5.78 Å². The molecule has 0 aromatic heterocycles. The topological polar surface area (TPSA) is 23.6 Å². The standard InChI is InChI=1S/C26H27ClN2O/c27-24-13-11-21(12-14-24)25(30)15-16-28-17-19-29(20-18-28)26(22-7-3-1-4-8-22)23-9-5-2-6-10-23/h1-14,26H,15-20H2. The predicted octanol–water partition coefficient (Wildman–Crippen LogP) is 5.32. The fraction of sp³-hybridized carbons (Fsp3) is 0.269. The second kappa shape index (κ2) is 10.0. The molecule has 154 valence electrons. The van der Waals surface area contributed by atoms with Crippen LogP contribution in [0.25, 0.3) is 0 Å². The Morgan fingerprint density at radius 3 is 1.83 bits per heavy atom. The Morgan fingerprint density at radius 1 is 0.767 bits per heavy atom. The number of Topliss-reactive ketones (excluding diaryl/α,β-unsaturated/α-hetero) is 1. The van der Waals surface area contributed by atoms with Gasteiger partial charge in [-0.05, 0) is 35.4 Å². The molecule has 1 fully saturated rings. The van der Waals surface area contributed by atoms with Crippen LogP contribution in [0.2, 0.25) is 5.02 Å². The number of hydrogen-bond donors (Lipinski definition) is 0. The minimum Gasteiger partial charge on any atom is -0.300 e. The van der Waals surface area contributed by atoms with Gasteiger partial charge in [0.1, 0.15) is 0 Å². The second-order valence-corrected chi connectivity index (χ2v) is 8.22. The molecule has 0 aliphatic carbocycles. The Balaban J connectivity index is 1.36. The van der Waals surface area contributed by atoms with Crippen LogP contribution in [0.4, 0.5) is 0 Å². The molecular formula is C26H27ClN2O. The zero-order chi connectivity index (χ0) is 20.8. The van der Waals surface area contributed by atoms with Gasteiger partial charge in [-0.25, -0.2) is 0 Å². The van der Waals surface area contributed by atoms with Crippen molar-refractivity contribution in [2.75, 3.05) is 32.7 Å². The maximum atomic E-state index is 12.5. The molecule has 1 saturated heterocycles. The van der Waals surface area contributed by atoms with Crippen LogP contribution in [0.3, 0.4) is 0 Å². The molecule has 1 aliphatic rings. The van der Waals surface area contributed by atoms with E-state index < -0.39 is 0 Å². The van der Waals surface area contributed by atoms with Crippen LogP contribution in [0.1, 0.15) is 33.9 Å². The molecule has 3 aromatic carbocycles. The Morgan fingerprint density at radius 2 is 1.30 bits per heavy atom. The highest BCUT2D eigenvalue weighted by Gasteiger charge is 2.26. The second-order valence-electron chi connectivity index (χ2n) is 7.78. The number of carbonyl (C=O) groups excluding carboxylic acids is 1. The number of benzene rings is 3. The lowest BCUT2D eigenvalue weighted by molar-refractivity contribution is 0.0893. The first kappa shape index (κ1) is 20.8. The first-order valence-corrected chi connectivity index (χ1v) is 10.9. The van der Waals surface area contributed by atoms with E-state index in [-0.39, 0.29) is 11.8 Å². The van der Waals surface area contributed by atoms with Crippen molar-refractivity contribution < 1.29 is 4.79 Å². The van der Waals surface area contributed by atoms with Gasteiger partial charge in [0.05, 0.1) is 6.04 Å². The van der Waals surface area contributed by atoms with E-state index in [4.69, 9.17) is 11.6 Å². The zero-order valence-electron chi connectivity index (χ0n) is 17.1. The van der Waals surface area contributed by atoms with Gasteiger partial charge in [0, 0.05) is 49.7 Å². The van der Waals surface area contributed by atoms with Crippen LogP contribution in [0.15, 0.2) is 84.9 Å². The molecule has 0 spiro atoms. The number of nitrogens with zero attached hydrogens (tertiary/aromatic N) is 2. The van der Waals surface area contributed by atoms with Crippen LogP contribution in [0.5, 0.6) is 0 Å². The monoisotopic (exact) mass is 418 g/mol. The van der Waals surface area contributed by atoms with Crippen molar-refractivity contribution in [3.8, 4) is 0 Å². The highest BCUT2D eigenvalue weighted by molar-refractivity contribution is 6.30. The van der Waals surface area contributed by atoms with Gasteiger partial charge >= 0.3 is 0 Å². The van der Waals surface area contributed by atoms with E-state index in [0.717, 1.165) is 38.3 Å². The van der Waals surface area contributed by atoms with E-state index in [2.05, 4.69) is 70.5 Å². The smallest absolute Gasteiger partial charge is 0.164 e. The van der Waals surface area contributed by atoms with Gasteiger partial charge in [0.25, 0.3) is 0 Å². The minimum absolute atomic E-state index is 0.181. The average molecular weight is 419 g/mol. The van der Waals surface area contributed by atoms with Gasteiger partial charge in [-0.1, -0.05) is 72.3 Å². The van der Waals surface area contributed by atoms with Crippen LogP contribution >= 0.6 is 11.6 Å². The summed E-state index contributed by atoms with van der Waals surface area (Å²) in [5.74, 6) is 0.181. The Bertz CT molecular complexity index is 896. The maximum Gasteiger partial charge on any atom is 0.164 e. The fourth-order valence-corrected chi connectivity index (χ4v) is 4.30. The zero-order valence-corrected chi connectivity index (χ0v) is 17.8. The third-order valence-electron chi connectivity index (χ3n) is 5.82. The first-order chi connectivity index (χ1) is 14.7. The third-order valence-corrected chi connectivity index (χ3v) is 6.08. The van der Waals surface area contributed by atoms with Crippen molar-refractivity contribution in [2.24, 2.45) is 0 Å². The number of carbonyl (C=O) groups is 1. The lowest BCUT2D eigenvalue weighted by atomic mass is 9.96. The normalized spacial score (nSPS) is 15.4. The predicted molar refractivity (Wildman–Crippen MR) is 123 cm³/mol. The summed E-state index contributed by atoms with van der Waals surface area (Å²) in [5.41, 5.74) is 3.40. The van der Waals surface area contributed by atoms with Gasteiger partial charge in [0.2, 0.25) is 0 Å². The molecule has 1 aliphatic heterocycles. The molecule has 0 unspecified atom stereocenters. The van der Waals surface area contributed by atoms with Gasteiger partial charge < -0.3 is 4.90 Å². The van der Waals surface area contributed by atoms with E-state index in [9.17, 15) is 4.79 Å². The number of hydrogen-bond acceptors (Lipinski definition) is 3. The summed E-state index contributed by atoms with van der Waals surface area (Å²) < 4.78 is 0. The third kappa shape index (κ3) is 5.17. The molecule has 0 saturated carbocycles. The summed E-state index contributed by atoms with van der Waals surface area (Å²) in [4.78, 5) is 17.4. The summed E-state index contributed by atoms with van der Waals surface area (Å²) in [6.45, 7) is 4.73. The van der Waals surface area contributed by atoms with Crippen LogP contribution in [-0.2, 0) is 0 Å². The SMILES string of the molecule is O=C(CCN1CCN(C(c2ccccc2)c2ccccc2)CC1)c1ccc(Cl)cc1. The van der Waals surface area contributed by atoms with Crippen molar-refractivity contribution in [1.29, 1.82) is 0 Å². The molecule has 0 N–H and O–H groups in total. The van der Waals surface area contributed by atoms with E-state index in [1.807, 2.05) is 12.1 Å². The van der Waals surface area contributed by atoms with Gasteiger partial charge in [-0.3, -0.25) is 9.69 Å². The highest BCUT2D eigenvalue weighted by atomic mass is 35.5. The molecule has 4 rings (SSSR count). The maximum absolute atomic E-state index is 12.5. The van der Waals surface area contributed by atoms with Crippen molar-refractivity contribution in [2.45, 2.75) is 12.5 Å². The summed E-state index contributed by atoms with van der Waals surface area (Å²) in [6, 6.07) is 28.9. The van der Waals surface area contributed by atoms with E-state index in [1.54, 1.807) is 12.1 Å². The molecule has 0 bridgehead atoms. The molecule has 30 heavy (non-hydrogen) atoms. The summed E-state index contributed by atoms with van der Waals surface area (Å²) in [7, 11) is 0. The first-order valence-electron chi connectivity index (χ1n) is 10.6. The molecule has 0 radical (unpaired) electrons. The molecule has 3 aromatic rings. The molecule has 0 atom stereocenters. The van der Waals surface area contributed by atoms with Crippen LogP contribution in [-0.4, -0.2) is 48.3 Å². The lowest BCUT2D eigenvalue weighted by Crippen LogP contribution is -2.48. The Hall–Kier alpha value is -2.46. The van der Waals surface area contributed by atoms with Crippen molar-refractivity contribution in [3.05, 3.63) is 107 Å². The van der Waals surface area contributed by atoms with Gasteiger partial charge in [-0.15, -0.1) is 0 Å². The highest BCUT2D eigenvalue weighted by Crippen LogP contribution is 2.29. The van der Waals surface area contributed by atoms with E-state index in [0.29, 0.717) is 11.4 Å². The van der Waals surface area contributed by atoms with Crippen molar-refractivity contribution in [1.82, 2.24) is 9.80 Å². The van der Waals surface area contributed by atoms with Crippen molar-refractivity contribution >= 4 is 17.4 Å². The Labute approximate surface area is 183 Å². The summed E-state index contributed by atoms with van der Waals surface area (Å²) in [6.07, 6.45) is 0.544. The minimum atomic E-state index is 0.181. The molecule has 0 amide bonds. The quantitative estimate of drug-likeness (QED) is 0.485. The largest absolute Gasteiger partial charge is 0.300 e. The molecular weight excluding hydrogens is 392 g/mol. The van der Waals surface area contributed by atoms with Crippen LogP contribution < -0.4 is 0 Å². The lowest BCUT2D eigenvalue weighted by Gasteiger charge is -2.39. The number of ketones is 1. The van der Waals surface area contributed by atoms with Gasteiger partial charge in [-0.2, -0.15) is 0 Å².